The monoisotopic (exact) mass is 302 g/mol. The Morgan fingerprint density at radius 2 is 1.89 bits per heavy atom. The Kier molecular flexibility index (Phi) is 6.07. The van der Waals surface area contributed by atoms with E-state index in [0.717, 1.165) is 12.8 Å². The Balaban J connectivity index is 2.14. The van der Waals surface area contributed by atoms with Crippen LogP contribution >= 0.6 is 0 Å². The second-order valence-electron chi connectivity index (χ2n) is 5.00. The minimum Gasteiger partial charge on any atom is -0.313 e. The van der Waals surface area contributed by atoms with E-state index in [0.29, 0.717) is 12.6 Å². The van der Waals surface area contributed by atoms with Crippen LogP contribution in [0.1, 0.15) is 39.0 Å². The molecule has 1 rings (SSSR count). The molecule has 0 spiro atoms. The Morgan fingerprint density at radius 3 is 2.42 bits per heavy atom. The Labute approximate surface area is 112 Å². The van der Waals surface area contributed by atoms with E-state index in [4.69, 9.17) is 0 Å². The van der Waals surface area contributed by atoms with Gasteiger partial charge in [-0.15, -0.1) is 0 Å². The van der Waals surface area contributed by atoms with Gasteiger partial charge >= 0.3 is 6.18 Å². The van der Waals surface area contributed by atoms with Crippen LogP contribution in [0, 0.1) is 0 Å². The molecule has 1 aliphatic carbocycles. The summed E-state index contributed by atoms with van der Waals surface area (Å²) in [5.74, 6) is 0. The molecule has 0 amide bonds. The van der Waals surface area contributed by atoms with E-state index in [9.17, 15) is 21.6 Å². The Morgan fingerprint density at radius 1 is 1.26 bits per heavy atom. The molecule has 0 aliphatic heterocycles. The maximum atomic E-state index is 11.9. The highest BCUT2D eigenvalue weighted by Gasteiger charge is 2.27. The SMILES string of the molecule is CC(CNC1CC1)S(=O)(=O)NCCCCC(F)(F)F. The van der Waals surface area contributed by atoms with Gasteiger partial charge in [-0.2, -0.15) is 13.2 Å². The molecule has 0 aromatic heterocycles. The van der Waals surface area contributed by atoms with Crippen molar-refractivity contribution in [1.82, 2.24) is 10.0 Å². The van der Waals surface area contributed by atoms with Crippen molar-refractivity contribution >= 4 is 10.0 Å². The lowest BCUT2D eigenvalue weighted by Crippen LogP contribution is -2.39. The molecule has 8 heteroatoms. The predicted octanol–water partition coefficient (Wildman–Crippen LogP) is 1.78. The first kappa shape index (κ1) is 16.7. The molecule has 0 aromatic carbocycles. The highest BCUT2D eigenvalue weighted by atomic mass is 32.2. The number of hydrogen-bond donors (Lipinski definition) is 2. The summed E-state index contributed by atoms with van der Waals surface area (Å²) in [4.78, 5) is 0. The van der Waals surface area contributed by atoms with Gasteiger partial charge in [-0.3, -0.25) is 0 Å². The topological polar surface area (TPSA) is 58.2 Å². The third kappa shape index (κ3) is 7.74. The first-order chi connectivity index (χ1) is 8.71. The molecule has 1 fully saturated rings. The largest absolute Gasteiger partial charge is 0.389 e. The molecule has 1 unspecified atom stereocenters. The fourth-order valence-corrected chi connectivity index (χ4v) is 2.57. The van der Waals surface area contributed by atoms with Gasteiger partial charge in [0.1, 0.15) is 0 Å². The molecule has 0 aromatic rings. The van der Waals surface area contributed by atoms with Crippen molar-refractivity contribution in [3.8, 4) is 0 Å². The van der Waals surface area contributed by atoms with Gasteiger partial charge in [-0.25, -0.2) is 13.1 Å². The second-order valence-corrected chi connectivity index (χ2v) is 7.19. The third-order valence-electron chi connectivity index (χ3n) is 2.99. The van der Waals surface area contributed by atoms with Crippen LogP contribution in [0.25, 0.3) is 0 Å². The molecule has 0 bridgehead atoms. The molecule has 0 saturated heterocycles. The summed E-state index contributed by atoms with van der Waals surface area (Å²) in [5, 5.41) is 2.54. The summed E-state index contributed by atoms with van der Waals surface area (Å²) in [7, 11) is -3.44. The normalized spacial score (nSPS) is 18.5. The van der Waals surface area contributed by atoms with E-state index >= 15 is 0 Å². The van der Waals surface area contributed by atoms with E-state index in [1.807, 2.05) is 0 Å². The molecule has 0 radical (unpaired) electrons. The molecule has 1 atom stereocenters. The van der Waals surface area contributed by atoms with E-state index in [2.05, 4.69) is 10.0 Å². The molecule has 1 aliphatic rings. The number of rotatable bonds is 9. The van der Waals surface area contributed by atoms with Crippen LogP contribution in [0.4, 0.5) is 13.2 Å². The molecular weight excluding hydrogens is 281 g/mol. The predicted molar refractivity (Wildman–Crippen MR) is 67.3 cm³/mol. The molecule has 1 saturated carbocycles. The second kappa shape index (κ2) is 6.90. The summed E-state index contributed by atoms with van der Waals surface area (Å²) >= 11 is 0. The van der Waals surface area contributed by atoms with Crippen molar-refractivity contribution in [2.24, 2.45) is 0 Å². The van der Waals surface area contributed by atoms with Crippen molar-refractivity contribution in [3.05, 3.63) is 0 Å². The highest BCUT2D eigenvalue weighted by Crippen LogP contribution is 2.22. The zero-order valence-corrected chi connectivity index (χ0v) is 11.8. The van der Waals surface area contributed by atoms with Gasteiger partial charge < -0.3 is 5.32 Å². The van der Waals surface area contributed by atoms with Crippen LogP contribution in [-0.4, -0.2) is 39.0 Å². The average Bonchev–Trinajstić information content (AvgIpc) is 3.07. The summed E-state index contributed by atoms with van der Waals surface area (Å²) in [6.07, 6.45) is -2.73. The number of nitrogens with one attached hydrogen (secondary N) is 2. The first-order valence-corrected chi connectivity index (χ1v) is 8.04. The number of sulfonamides is 1. The number of alkyl halides is 3. The van der Waals surface area contributed by atoms with Crippen LogP contribution in [0.3, 0.4) is 0 Å². The minimum absolute atomic E-state index is 0.0548. The molecule has 0 heterocycles. The quantitative estimate of drug-likeness (QED) is 0.638. The van der Waals surface area contributed by atoms with Crippen molar-refractivity contribution in [2.45, 2.75) is 56.5 Å². The van der Waals surface area contributed by atoms with E-state index in [1.165, 1.54) is 0 Å². The van der Waals surface area contributed by atoms with Gasteiger partial charge in [0.25, 0.3) is 0 Å². The zero-order valence-electron chi connectivity index (χ0n) is 11.0. The number of unbranched alkanes of at least 4 members (excludes halogenated alkanes) is 1. The van der Waals surface area contributed by atoms with Gasteiger partial charge in [0.2, 0.25) is 10.0 Å². The van der Waals surface area contributed by atoms with E-state index in [-0.39, 0.29) is 19.4 Å². The fraction of sp³-hybridized carbons (Fsp3) is 1.00. The maximum absolute atomic E-state index is 11.9. The van der Waals surface area contributed by atoms with Gasteiger partial charge in [-0.1, -0.05) is 0 Å². The maximum Gasteiger partial charge on any atom is 0.389 e. The number of halogens is 3. The van der Waals surface area contributed by atoms with Crippen molar-refractivity contribution in [1.29, 1.82) is 0 Å². The summed E-state index contributed by atoms with van der Waals surface area (Å²) < 4.78 is 61.5. The first-order valence-electron chi connectivity index (χ1n) is 6.49. The van der Waals surface area contributed by atoms with Crippen LogP contribution in [-0.2, 0) is 10.0 Å². The lowest BCUT2D eigenvalue weighted by Gasteiger charge is -2.14. The molecular formula is C11H21F3N2O2S. The molecule has 19 heavy (non-hydrogen) atoms. The molecule has 4 nitrogen and oxygen atoms in total. The number of hydrogen-bond acceptors (Lipinski definition) is 3. The van der Waals surface area contributed by atoms with Gasteiger partial charge in [0.15, 0.2) is 0 Å². The van der Waals surface area contributed by atoms with Crippen LogP contribution in [0.5, 0.6) is 0 Å². The lowest BCUT2D eigenvalue weighted by atomic mass is 10.2. The Bertz CT molecular complexity index is 367. The molecule has 114 valence electrons. The molecule has 2 N–H and O–H groups in total. The summed E-state index contributed by atoms with van der Waals surface area (Å²) in [6, 6.07) is 0.435. The van der Waals surface area contributed by atoms with E-state index < -0.39 is 27.9 Å². The van der Waals surface area contributed by atoms with Crippen molar-refractivity contribution in [2.75, 3.05) is 13.1 Å². The van der Waals surface area contributed by atoms with Gasteiger partial charge in [0, 0.05) is 25.6 Å². The smallest absolute Gasteiger partial charge is 0.313 e. The standard InChI is InChI=1S/C11H21F3N2O2S/c1-9(8-15-10-4-5-10)19(17,18)16-7-3-2-6-11(12,13)14/h9-10,15-16H,2-8H2,1H3. The highest BCUT2D eigenvalue weighted by molar-refractivity contribution is 7.90. The van der Waals surface area contributed by atoms with Crippen molar-refractivity contribution < 1.29 is 21.6 Å². The van der Waals surface area contributed by atoms with Crippen molar-refractivity contribution in [3.63, 3.8) is 0 Å². The lowest BCUT2D eigenvalue weighted by molar-refractivity contribution is -0.135. The van der Waals surface area contributed by atoms with E-state index in [1.54, 1.807) is 6.92 Å². The Hall–Kier alpha value is -0.340. The zero-order chi connectivity index (χ0) is 14.5. The van der Waals surface area contributed by atoms with Gasteiger partial charge in [0.05, 0.1) is 5.25 Å². The average molecular weight is 302 g/mol. The van der Waals surface area contributed by atoms with Crippen LogP contribution < -0.4 is 10.0 Å². The summed E-state index contributed by atoms with van der Waals surface area (Å²) in [6.45, 7) is 2.03. The van der Waals surface area contributed by atoms with Crippen LogP contribution in [0.2, 0.25) is 0 Å². The fourth-order valence-electron chi connectivity index (χ4n) is 1.54. The third-order valence-corrected chi connectivity index (χ3v) is 4.82. The van der Waals surface area contributed by atoms with Crippen LogP contribution in [0.15, 0.2) is 0 Å². The minimum atomic E-state index is -4.17. The summed E-state index contributed by atoms with van der Waals surface area (Å²) in [5.41, 5.74) is 0. The van der Waals surface area contributed by atoms with Gasteiger partial charge in [-0.05, 0) is 32.6 Å².